The van der Waals surface area contributed by atoms with Crippen LogP contribution in [0.25, 0.3) is 10.2 Å². The predicted molar refractivity (Wildman–Crippen MR) is 83.0 cm³/mol. The van der Waals surface area contributed by atoms with Gasteiger partial charge in [-0.05, 0) is 36.6 Å². The molecule has 3 rings (SSSR count). The number of hydrogen-bond donors (Lipinski definition) is 0. The first kappa shape index (κ1) is 12.3. The number of thioether (sulfide) groups is 1. The highest BCUT2D eigenvalue weighted by Crippen LogP contribution is 2.32. The SMILES string of the molecule is CSC1CCCCN(c2ccnc3ccsc23)C1. The smallest absolute Gasteiger partial charge is 0.0830 e. The lowest BCUT2D eigenvalue weighted by atomic mass is 10.2. The molecule has 3 heterocycles. The van der Waals surface area contributed by atoms with Gasteiger partial charge in [-0.2, -0.15) is 11.8 Å². The predicted octanol–water partition coefficient (Wildman–Crippen LogP) is 4.02. The van der Waals surface area contributed by atoms with Gasteiger partial charge in [-0.25, -0.2) is 0 Å². The van der Waals surface area contributed by atoms with Crippen molar-refractivity contribution in [2.24, 2.45) is 0 Å². The van der Waals surface area contributed by atoms with E-state index in [-0.39, 0.29) is 0 Å². The average molecular weight is 278 g/mol. The van der Waals surface area contributed by atoms with E-state index in [1.54, 1.807) is 0 Å². The summed E-state index contributed by atoms with van der Waals surface area (Å²) in [4.78, 5) is 7.00. The number of pyridine rings is 1. The Hall–Kier alpha value is -0.740. The lowest BCUT2D eigenvalue weighted by molar-refractivity contribution is 0.736. The minimum atomic E-state index is 0.774. The average Bonchev–Trinajstić information content (AvgIpc) is 2.75. The molecular weight excluding hydrogens is 260 g/mol. The molecule has 1 unspecified atom stereocenters. The molecule has 1 aliphatic heterocycles. The second-order valence-electron chi connectivity index (χ2n) is 4.76. The first-order valence-corrected chi connectivity index (χ1v) is 8.65. The monoisotopic (exact) mass is 278 g/mol. The van der Waals surface area contributed by atoms with Crippen molar-refractivity contribution in [1.82, 2.24) is 4.98 Å². The van der Waals surface area contributed by atoms with E-state index in [9.17, 15) is 0 Å². The van der Waals surface area contributed by atoms with E-state index in [0.29, 0.717) is 0 Å². The van der Waals surface area contributed by atoms with Crippen molar-refractivity contribution in [1.29, 1.82) is 0 Å². The van der Waals surface area contributed by atoms with Crippen LogP contribution in [0.1, 0.15) is 19.3 Å². The molecule has 0 saturated carbocycles. The Morgan fingerprint density at radius 3 is 3.22 bits per heavy atom. The van der Waals surface area contributed by atoms with Crippen LogP contribution in [-0.2, 0) is 0 Å². The number of rotatable bonds is 2. The van der Waals surface area contributed by atoms with E-state index in [0.717, 1.165) is 10.8 Å². The van der Waals surface area contributed by atoms with Gasteiger partial charge in [0, 0.05) is 24.5 Å². The molecular formula is C14H18N2S2. The zero-order chi connectivity index (χ0) is 12.4. The summed E-state index contributed by atoms with van der Waals surface area (Å²) in [5.41, 5.74) is 2.53. The highest BCUT2D eigenvalue weighted by Gasteiger charge is 2.19. The van der Waals surface area contributed by atoms with Crippen LogP contribution in [0.15, 0.2) is 23.7 Å². The Labute approximate surface area is 116 Å². The number of aromatic nitrogens is 1. The minimum absolute atomic E-state index is 0.774. The third-order valence-corrected chi connectivity index (χ3v) is 5.60. The summed E-state index contributed by atoms with van der Waals surface area (Å²) < 4.78 is 1.35. The van der Waals surface area contributed by atoms with Gasteiger partial charge in [0.15, 0.2) is 0 Å². The lowest BCUT2D eigenvalue weighted by Crippen LogP contribution is -2.29. The fraction of sp³-hybridized carbons (Fsp3) is 0.500. The van der Waals surface area contributed by atoms with Crippen molar-refractivity contribution in [3.05, 3.63) is 23.7 Å². The Balaban J connectivity index is 1.94. The number of anilines is 1. The zero-order valence-corrected chi connectivity index (χ0v) is 12.3. The van der Waals surface area contributed by atoms with Gasteiger partial charge in [-0.1, -0.05) is 6.42 Å². The minimum Gasteiger partial charge on any atom is -0.369 e. The van der Waals surface area contributed by atoms with Crippen molar-refractivity contribution in [3.8, 4) is 0 Å². The van der Waals surface area contributed by atoms with E-state index in [1.165, 1.54) is 42.7 Å². The number of hydrogen-bond acceptors (Lipinski definition) is 4. The van der Waals surface area contributed by atoms with Gasteiger partial charge in [-0.3, -0.25) is 4.98 Å². The van der Waals surface area contributed by atoms with E-state index >= 15 is 0 Å². The molecule has 18 heavy (non-hydrogen) atoms. The lowest BCUT2D eigenvalue weighted by Gasteiger charge is -2.26. The van der Waals surface area contributed by atoms with Crippen LogP contribution in [0.3, 0.4) is 0 Å². The molecule has 96 valence electrons. The van der Waals surface area contributed by atoms with E-state index in [2.05, 4.69) is 33.7 Å². The molecule has 0 radical (unpaired) electrons. The van der Waals surface area contributed by atoms with Gasteiger partial charge in [0.2, 0.25) is 0 Å². The summed E-state index contributed by atoms with van der Waals surface area (Å²) in [5.74, 6) is 0. The van der Waals surface area contributed by atoms with Crippen LogP contribution in [0.2, 0.25) is 0 Å². The largest absolute Gasteiger partial charge is 0.369 e. The van der Waals surface area contributed by atoms with Crippen LogP contribution >= 0.6 is 23.1 Å². The Morgan fingerprint density at radius 1 is 1.39 bits per heavy atom. The van der Waals surface area contributed by atoms with E-state index in [1.807, 2.05) is 29.3 Å². The maximum Gasteiger partial charge on any atom is 0.0830 e. The van der Waals surface area contributed by atoms with Crippen LogP contribution in [0.5, 0.6) is 0 Å². The zero-order valence-electron chi connectivity index (χ0n) is 10.6. The van der Waals surface area contributed by atoms with Crippen molar-refractivity contribution < 1.29 is 0 Å². The Kier molecular flexibility index (Phi) is 3.75. The van der Waals surface area contributed by atoms with Crippen molar-refractivity contribution in [3.63, 3.8) is 0 Å². The first-order valence-electron chi connectivity index (χ1n) is 6.48. The molecule has 2 aromatic heterocycles. The summed E-state index contributed by atoms with van der Waals surface area (Å²) in [5, 5.41) is 2.92. The van der Waals surface area contributed by atoms with Crippen molar-refractivity contribution in [2.45, 2.75) is 24.5 Å². The first-order chi connectivity index (χ1) is 8.88. The molecule has 0 bridgehead atoms. The van der Waals surface area contributed by atoms with Crippen molar-refractivity contribution >= 4 is 39.0 Å². The second kappa shape index (κ2) is 5.49. The molecule has 2 nitrogen and oxygen atoms in total. The van der Waals surface area contributed by atoms with Gasteiger partial charge in [0.1, 0.15) is 0 Å². The molecule has 0 N–H and O–H groups in total. The molecule has 1 saturated heterocycles. The fourth-order valence-electron chi connectivity index (χ4n) is 2.62. The summed E-state index contributed by atoms with van der Waals surface area (Å²) >= 11 is 3.82. The van der Waals surface area contributed by atoms with Gasteiger partial charge in [-0.15, -0.1) is 11.3 Å². The van der Waals surface area contributed by atoms with Gasteiger partial charge < -0.3 is 4.90 Å². The fourth-order valence-corrected chi connectivity index (χ4v) is 4.25. The van der Waals surface area contributed by atoms with Gasteiger partial charge in [0.05, 0.1) is 15.9 Å². The van der Waals surface area contributed by atoms with E-state index < -0.39 is 0 Å². The Morgan fingerprint density at radius 2 is 2.33 bits per heavy atom. The molecule has 0 amide bonds. The number of nitrogens with zero attached hydrogens (tertiary/aromatic N) is 2. The van der Waals surface area contributed by atoms with Crippen LogP contribution < -0.4 is 4.90 Å². The Bertz CT molecular complexity index is 523. The highest BCUT2D eigenvalue weighted by molar-refractivity contribution is 7.99. The third-order valence-electron chi connectivity index (χ3n) is 3.63. The van der Waals surface area contributed by atoms with Gasteiger partial charge in [0.25, 0.3) is 0 Å². The van der Waals surface area contributed by atoms with Crippen LogP contribution in [0.4, 0.5) is 5.69 Å². The molecule has 1 fully saturated rings. The van der Waals surface area contributed by atoms with Crippen LogP contribution in [0, 0.1) is 0 Å². The highest BCUT2D eigenvalue weighted by atomic mass is 32.2. The molecule has 1 atom stereocenters. The quantitative estimate of drug-likeness (QED) is 0.825. The standard InChI is InChI=1S/C14H18N2S2/c1-17-11-4-2-3-8-16(10-11)13-5-7-15-12-6-9-18-14(12)13/h5-7,9,11H,2-4,8,10H2,1H3. The van der Waals surface area contributed by atoms with E-state index in [4.69, 9.17) is 0 Å². The van der Waals surface area contributed by atoms with Crippen molar-refractivity contribution in [2.75, 3.05) is 24.2 Å². The molecule has 0 aliphatic carbocycles. The molecule has 2 aromatic rings. The topological polar surface area (TPSA) is 16.1 Å². The summed E-state index contributed by atoms with van der Waals surface area (Å²) in [6, 6.07) is 4.30. The molecule has 0 aromatic carbocycles. The van der Waals surface area contributed by atoms with Crippen LogP contribution in [-0.4, -0.2) is 29.6 Å². The summed E-state index contributed by atoms with van der Waals surface area (Å²) in [6.07, 6.45) is 8.22. The maximum atomic E-state index is 4.44. The number of thiophene rings is 1. The molecule has 4 heteroatoms. The third kappa shape index (κ3) is 2.36. The summed E-state index contributed by atoms with van der Waals surface area (Å²) in [7, 11) is 0. The second-order valence-corrected chi connectivity index (χ2v) is 6.82. The molecule has 0 spiro atoms. The molecule has 1 aliphatic rings. The van der Waals surface area contributed by atoms with Gasteiger partial charge >= 0.3 is 0 Å². The maximum absolute atomic E-state index is 4.44. The summed E-state index contributed by atoms with van der Waals surface area (Å²) in [6.45, 7) is 2.37. The number of fused-ring (bicyclic) bond motifs is 1. The normalized spacial score (nSPS) is 21.2.